The Morgan fingerprint density at radius 1 is 1.43 bits per heavy atom. The van der Waals surface area contributed by atoms with Crippen LogP contribution in [0.15, 0.2) is 0 Å². The Bertz CT molecular complexity index is 227. The highest BCUT2D eigenvalue weighted by Crippen LogP contribution is 2.33. The van der Waals surface area contributed by atoms with Crippen molar-refractivity contribution in [2.24, 2.45) is 17.8 Å². The van der Waals surface area contributed by atoms with Crippen LogP contribution in [0.1, 0.15) is 26.2 Å². The molecule has 1 heterocycles. The van der Waals surface area contributed by atoms with Crippen molar-refractivity contribution >= 4 is 21.8 Å². The van der Waals surface area contributed by atoms with Crippen LogP contribution in [0.25, 0.3) is 0 Å². The van der Waals surface area contributed by atoms with Crippen molar-refractivity contribution in [3.8, 4) is 0 Å². The van der Waals surface area contributed by atoms with Gasteiger partial charge in [-0.1, -0.05) is 22.9 Å². The molecule has 2 fully saturated rings. The van der Waals surface area contributed by atoms with Gasteiger partial charge in [0, 0.05) is 24.3 Å². The topological polar surface area (TPSA) is 20.3 Å². The number of likely N-dealkylation sites (tertiary alicyclic amines) is 1. The zero-order valence-electron chi connectivity index (χ0n) is 8.71. The minimum atomic E-state index is 0.385. The highest BCUT2D eigenvalue weighted by molar-refractivity contribution is 9.09. The second-order valence-corrected chi connectivity index (χ2v) is 5.53. The lowest BCUT2D eigenvalue weighted by Crippen LogP contribution is -2.44. The molecule has 1 amide bonds. The molecule has 1 saturated carbocycles. The van der Waals surface area contributed by atoms with Crippen molar-refractivity contribution in [3.63, 3.8) is 0 Å². The molecule has 1 aliphatic heterocycles. The molecule has 14 heavy (non-hydrogen) atoms. The monoisotopic (exact) mass is 259 g/mol. The van der Waals surface area contributed by atoms with Crippen LogP contribution >= 0.6 is 15.9 Å². The van der Waals surface area contributed by atoms with Crippen LogP contribution in [0, 0.1) is 17.8 Å². The number of piperidine rings is 1. The van der Waals surface area contributed by atoms with E-state index in [4.69, 9.17) is 0 Å². The van der Waals surface area contributed by atoms with Crippen molar-refractivity contribution < 1.29 is 4.79 Å². The molecule has 2 aliphatic rings. The third-order valence-electron chi connectivity index (χ3n) is 3.20. The molecular weight excluding hydrogens is 242 g/mol. The van der Waals surface area contributed by atoms with Crippen LogP contribution in [-0.4, -0.2) is 29.2 Å². The van der Waals surface area contributed by atoms with Gasteiger partial charge in [-0.3, -0.25) is 4.79 Å². The molecule has 0 spiro atoms. The van der Waals surface area contributed by atoms with E-state index < -0.39 is 0 Å². The van der Waals surface area contributed by atoms with Gasteiger partial charge in [-0.2, -0.15) is 0 Å². The van der Waals surface area contributed by atoms with E-state index >= 15 is 0 Å². The molecular formula is C11H18BrNO. The Balaban J connectivity index is 1.93. The molecule has 0 bridgehead atoms. The minimum Gasteiger partial charge on any atom is -0.342 e. The standard InChI is InChI=1S/C11H18BrNO/c1-8-4-9(5-12)7-13(6-8)11(14)10-2-3-10/h8-10H,2-7H2,1H3. The first-order valence-corrected chi connectivity index (χ1v) is 6.67. The largest absolute Gasteiger partial charge is 0.342 e. The smallest absolute Gasteiger partial charge is 0.225 e. The van der Waals surface area contributed by atoms with Crippen LogP contribution in [0.3, 0.4) is 0 Å². The van der Waals surface area contributed by atoms with Gasteiger partial charge in [0.1, 0.15) is 0 Å². The number of amides is 1. The Morgan fingerprint density at radius 2 is 2.14 bits per heavy atom. The molecule has 3 heteroatoms. The van der Waals surface area contributed by atoms with Crippen molar-refractivity contribution in [2.45, 2.75) is 26.2 Å². The van der Waals surface area contributed by atoms with E-state index in [9.17, 15) is 4.79 Å². The van der Waals surface area contributed by atoms with Gasteiger partial charge in [-0.05, 0) is 31.1 Å². The Kier molecular flexibility index (Phi) is 3.15. The molecule has 0 radical (unpaired) electrons. The lowest BCUT2D eigenvalue weighted by atomic mass is 9.91. The van der Waals surface area contributed by atoms with Crippen LogP contribution in [0.2, 0.25) is 0 Å². The summed E-state index contributed by atoms with van der Waals surface area (Å²) in [5, 5.41) is 1.03. The van der Waals surface area contributed by atoms with Crippen molar-refractivity contribution in [1.82, 2.24) is 4.90 Å². The fourth-order valence-corrected chi connectivity index (χ4v) is 2.83. The van der Waals surface area contributed by atoms with Gasteiger partial charge in [0.15, 0.2) is 0 Å². The first-order chi connectivity index (χ1) is 6.70. The van der Waals surface area contributed by atoms with Crippen molar-refractivity contribution in [1.29, 1.82) is 0 Å². The SMILES string of the molecule is CC1CC(CBr)CN(C(=O)C2CC2)C1. The lowest BCUT2D eigenvalue weighted by molar-refractivity contribution is -0.135. The van der Waals surface area contributed by atoms with E-state index in [1.54, 1.807) is 0 Å². The summed E-state index contributed by atoms with van der Waals surface area (Å²) in [4.78, 5) is 14.0. The fourth-order valence-electron chi connectivity index (χ4n) is 2.36. The van der Waals surface area contributed by atoms with Gasteiger partial charge in [0.25, 0.3) is 0 Å². The molecule has 2 unspecified atom stereocenters. The molecule has 2 atom stereocenters. The van der Waals surface area contributed by atoms with E-state index in [0.717, 1.165) is 31.3 Å². The molecule has 80 valence electrons. The Hall–Kier alpha value is -0.0500. The fraction of sp³-hybridized carbons (Fsp3) is 0.909. The number of hydrogen-bond acceptors (Lipinski definition) is 1. The number of hydrogen-bond donors (Lipinski definition) is 0. The number of carbonyl (C=O) groups excluding carboxylic acids is 1. The number of halogens is 1. The van der Waals surface area contributed by atoms with Gasteiger partial charge in [0.05, 0.1) is 0 Å². The number of carbonyl (C=O) groups is 1. The summed E-state index contributed by atoms with van der Waals surface area (Å²) < 4.78 is 0. The predicted molar refractivity (Wildman–Crippen MR) is 60.4 cm³/mol. The summed E-state index contributed by atoms with van der Waals surface area (Å²) in [5.41, 5.74) is 0. The third-order valence-corrected chi connectivity index (χ3v) is 4.12. The molecule has 2 rings (SSSR count). The second-order valence-electron chi connectivity index (χ2n) is 4.88. The summed E-state index contributed by atoms with van der Waals surface area (Å²) in [6.45, 7) is 4.21. The Labute approximate surface area is 94.2 Å². The van der Waals surface area contributed by atoms with Crippen LogP contribution in [0.4, 0.5) is 0 Å². The van der Waals surface area contributed by atoms with Crippen molar-refractivity contribution in [3.05, 3.63) is 0 Å². The zero-order chi connectivity index (χ0) is 10.1. The van der Waals surface area contributed by atoms with Gasteiger partial charge in [-0.15, -0.1) is 0 Å². The van der Waals surface area contributed by atoms with Gasteiger partial charge in [0.2, 0.25) is 5.91 Å². The maximum atomic E-state index is 11.9. The highest BCUT2D eigenvalue weighted by atomic mass is 79.9. The zero-order valence-corrected chi connectivity index (χ0v) is 10.3. The first kappa shape index (κ1) is 10.5. The maximum Gasteiger partial charge on any atom is 0.225 e. The lowest BCUT2D eigenvalue weighted by Gasteiger charge is -2.36. The average Bonchev–Trinajstić information content (AvgIpc) is 2.99. The van der Waals surface area contributed by atoms with Gasteiger partial charge < -0.3 is 4.90 Å². The number of rotatable bonds is 2. The molecule has 2 nitrogen and oxygen atoms in total. The van der Waals surface area contributed by atoms with E-state index in [0.29, 0.717) is 23.7 Å². The Morgan fingerprint density at radius 3 is 2.71 bits per heavy atom. The number of alkyl halides is 1. The second kappa shape index (κ2) is 4.21. The normalized spacial score (nSPS) is 33.1. The molecule has 1 saturated heterocycles. The van der Waals surface area contributed by atoms with Crippen LogP contribution < -0.4 is 0 Å². The third kappa shape index (κ3) is 2.30. The van der Waals surface area contributed by atoms with E-state index in [2.05, 4.69) is 27.8 Å². The summed E-state index contributed by atoms with van der Waals surface area (Å²) in [6, 6.07) is 0. The van der Waals surface area contributed by atoms with Crippen LogP contribution in [0.5, 0.6) is 0 Å². The molecule has 0 aromatic carbocycles. The summed E-state index contributed by atoms with van der Waals surface area (Å²) >= 11 is 3.53. The average molecular weight is 260 g/mol. The summed E-state index contributed by atoms with van der Waals surface area (Å²) in [5.74, 6) is 2.15. The first-order valence-electron chi connectivity index (χ1n) is 5.55. The highest BCUT2D eigenvalue weighted by Gasteiger charge is 2.36. The number of nitrogens with zero attached hydrogens (tertiary/aromatic N) is 1. The van der Waals surface area contributed by atoms with E-state index in [1.807, 2.05) is 0 Å². The van der Waals surface area contributed by atoms with Gasteiger partial charge >= 0.3 is 0 Å². The summed E-state index contributed by atoms with van der Waals surface area (Å²) in [7, 11) is 0. The minimum absolute atomic E-state index is 0.385. The van der Waals surface area contributed by atoms with E-state index in [-0.39, 0.29) is 0 Å². The summed E-state index contributed by atoms with van der Waals surface area (Å²) in [6.07, 6.45) is 3.52. The van der Waals surface area contributed by atoms with Crippen LogP contribution in [-0.2, 0) is 4.79 Å². The molecule has 1 aliphatic carbocycles. The maximum absolute atomic E-state index is 11.9. The van der Waals surface area contributed by atoms with Gasteiger partial charge in [-0.25, -0.2) is 0 Å². The van der Waals surface area contributed by atoms with E-state index in [1.165, 1.54) is 6.42 Å². The molecule has 0 aromatic rings. The quantitative estimate of drug-likeness (QED) is 0.697. The van der Waals surface area contributed by atoms with Crippen molar-refractivity contribution in [2.75, 3.05) is 18.4 Å². The predicted octanol–water partition coefficient (Wildman–Crippen LogP) is 2.28. The molecule has 0 aromatic heterocycles. The molecule has 0 N–H and O–H groups in total.